The first-order chi connectivity index (χ1) is 5.65. The highest BCUT2D eigenvalue weighted by Crippen LogP contribution is 2.03. The van der Waals surface area contributed by atoms with Crippen LogP contribution in [0.4, 0.5) is 0 Å². The molecule has 3 nitrogen and oxygen atoms in total. The van der Waals surface area contributed by atoms with Crippen molar-refractivity contribution in [2.24, 2.45) is 0 Å². The third-order valence-electron chi connectivity index (χ3n) is 2.17. The maximum absolute atomic E-state index is 3.93. The molecule has 3 N–H and O–H groups in total. The molecule has 0 bridgehead atoms. The lowest BCUT2D eigenvalue weighted by atomic mass is 10.1. The Kier molecular flexibility index (Phi) is 5.76. The van der Waals surface area contributed by atoms with Gasteiger partial charge in [0.25, 0.3) is 0 Å². The minimum atomic E-state index is 0.345. The Labute approximate surface area is 75.6 Å². The van der Waals surface area contributed by atoms with Crippen molar-refractivity contribution in [2.75, 3.05) is 21.1 Å². The molecule has 0 aromatic heterocycles. The third-order valence-corrected chi connectivity index (χ3v) is 2.17. The lowest BCUT2D eigenvalue weighted by molar-refractivity contribution is 0.472. The van der Waals surface area contributed by atoms with Crippen molar-refractivity contribution in [1.29, 1.82) is 0 Å². The SMILES string of the molecule is C=C(NC)C(CC(C)NC)NC. The lowest BCUT2D eigenvalue weighted by Crippen LogP contribution is -2.38. The predicted molar refractivity (Wildman–Crippen MR) is 54.2 cm³/mol. The van der Waals surface area contributed by atoms with Gasteiger partial charge in [0, 0.05) is 24.8 Å². The lowest BCUT2D eigenvalue weighted by Gasteiger charge is -2.22. The average molecular weight is 171 g/mol. The molecule has 0 aromatic rings. The summed E-state index contributed by atoms with van der Waals surface area (Å²) in [5.41, 5.74) is 1.04. The van der Waals surface area contributed by atoms with Gasteiger partial charge >= 0.3 is 0 Å². The van der Waals surface area contributed by atoms with Crippen molar-refractivity contribution < 1.29 is 0 Å². The second kappa shape index (κ2) is 6.03. The first-order valence-corrected chi connectivity index (χ1v) is 4.36. The smallest absolute Gasteiger partial charge is 0.0475 e. The molecule has 0 saturated carbocycles. The largest absolute Gasteiger partial charge is 0.391 e. The molecular formula is C9H21N3. The van der Waals surface area contributed by atoms with Gasteiger partial charge in [0.15, 0.2) is 0 Å². The molecule has 0 spiro atoms. The highest BCUT2D eigenvalue weighted by molar-refractivity contribution is 5.02. The molecule has 0 aliphatic rings. The van der Waals surface area contributed by atoms with Crippen LogP contribution in [0.5, 0.6) is 0 Å². The summed E-state index contributed by atoms with van der Waals surface area (Å²) < 4.78 is 0. The highest BCUT2D eigenvalue weighted by Gasteiger charge is 2.11. The van der Waals surface area contributed by atoms with Crippen molar-refractivity contribution in [3.63, 3.8) is 0 Å². The average Bonchev–Trinajstić information content (AvgIpc) is 2.12. The Morgan fingerprint density at radius 2 is 1.83 bits per heavy atom. The first-order valence-electron chi connectivity index (χ1n) is 4.36. The van der Waals surface area contributed by atoms with Gasteiger partial charge in [-0.05, 0) is 27.4 Å². The van der Waals surface area contributed by atoms with Gasteiger partial charge in [-0.3, -0.25) is 0 Å². The fourth-order valence-electron chi connectivity index (χ4n) is 1.08. The molecule has 0 radical (unpaired) electrons. The predicted octanol–water partition coefficient (Wildman–Crippen LogP) is 0.306. The summed E-state index contributed by atoms with van der Waals surface area (Å²) in [5, 5.41) is 9.48. The van der Waals surface area contributed by atoms with Gasteiger partial charge < -0.3 is 16.0 Å². The number of hydrogen-bond acceptors (Lipinski definition) is 3. The minimum Gasteiger partial charge on any atom is -0.391 e. The summed E-state index contributed by atoms with van der Waals surface area (Å²) in [4.78, 5) is 0. The maximum atomic E-state index is 3.93. The number of rotatable bonds is 6. The minimum absolute atomic E-state index is 0.345. The van der Waals surface area contributed by atoms with Crippen LogP contribution in [0.25, 0.3) is 0 Å². The van der Waals surface area contributed by atoms with Gasteiger partial charge in [0.1, 0.15) is 0 Å². The van der Waals surface area contributed by atoms with Gasteiger partial charge in [-0.1, -0.05) is 6.58 Å². The van der Waals surface area contributed by atoms with E-state index in [2.05, 4.69) is 29.5 Å². The molecule has 2 atom stereocenters. The zero-order valence-electron chi connectivity index (χ0n) is 8.57. The van der Waals surface area contributed by atoms with E-state index in [0.717, 1.165) is 12.1 Å². The fourth-order valence-corrected chi connectivity index (χ4v) is 1.08. The normalized spacial score (nSPS) is 15.3. The van der Waals surface area contributed by atoms with E-state index in [0.29, 0.717) is 12.1 Å². The maximum Gasteiger partial charge on any atom is 0.0475 e. The number of hydrogen-bond donors (Lipinski definition) is 3. The highest BCUT2D eigenvalue weighted by atomic mass is 15.0. The molecule has 2 unspecified atom stereocenters. The molecule has 0 aromatic carbocycles. The molecule has 0 aliphatic heterocycles. The Morgan fingerprint density at radius 3 is 2.17 bits per heavy atom. The van der Waals surface area contributed by atoms with Crippen molar-refractivity contribution in [2.45, 2.75) is 25.4 Å². The summed E-state index contributed by atoms with van der Waals surface area (Å²) >= 11 is 0. The Hall–Kier alpha value is -0.540. The van der Waals surface area contributed by atoms with Crippen molar-refractivity contribution >= 4 is 0 Å². The Morgan fingerprint density at radius 1 is 1.25 bits per heavy atom. The van der Waals surface area contributed by atoms with Gasteiger partial charge in [-0.25, -0.2) is 0 Å². The summed E-state index contributed by atoms with van der Waals surface area (Å²) in [7, 11) is 5.83. The van der Waals surface area contributed by atoms with E-state index >= 15 is 0 Å². The van der Waals surface area contributed by atoms with E-state index in [1.807, 2.05) is 21.1 Å². The van der Waals surface area contributed by atoms with E-state index in [9.17, 15) is 0 Å². The molecule has 0 saturated heterocycles. The van der Waals surface area contributed by atoms with Crippen LogP contribution < -0.4 is 16.0 Å². The molecule has 12 heavy (non-hydrogen) atoms. The van der Waals surface area contributed by atoms with Crippen molar-refractivity contribution in [3.05, 3.63) is 12.3 Å². The quantitative estimate of drug-likeness (QED) is 0.538. The van der Waals surface area contributed by atoms with Gasteiger partial charge in [0.05, 0.1) is 0 Å². The van der Waals surface area contributed by atoms with E-state index < -0.39 is 0 Å². The van der Waals surface area contributed by atoms with Crippen LogP contribution in [0.1, 0.15) is 13.3 Å². The third kappa shape index (κ3) is 3.74. The van der Waals surface area contributed by atoms with Crippen LogP contribution in [0.3, 0.4) is 0 Å². The fraction of sp³-hybridized carbons (Fsp3) is 0.778. The van der Waals surface area contributed by atoms with E-state index in [-0.39, 0.29) is 0 Å². The van der Waals surface area contributed by atoms with E-state index in [4.69, 9.17) is 0 Å². The molecule has 3 heteroatoms. The van der Waals surface area contributed by atoms with Gasteiger partial charge in [0.2, 0.25) is 0 Å². The summed E-state index contributed by atoms with van der Waals surface area (Å²) in [6.07, 6.45) is 1.05. The van der Waals surface area contributed by atoms with Crippen LogP contribution in [-0.2, 0) is 0 Å². The molecular weight excluding hydrogens is 150 g/mol. The first kappa shape index (κ1) is 11.5. The molecule has 0 heterocycles. The topological polar surface area (TPSA) is 36.1 Å². The Bertz CT molecular complexity index is 134. The van der Waals surface area contributed by atoms with Crippen LogP contribution >= 0.6 is 0 Å². The summed E-state index contributed by atoms with van der Waals surface area (Å²) in [6.45, 7) is 6.09. The van der Waals surface area contributed by atoms with Crippen molar-refractivity contribution in [1.82, 2.24) is 16.0 Å². The number of likely N-dealkylation sites (N-methyl/N-ethyl adjacent to an activating group) is 2. The monoisotopic (exact) mass is 171 g/mol. The van der Waals surface area contributed by atoms with Gasteiger partial charge in [-0.2, -0.15) is 0 Å². The number of nitrogens with one attached hydrogen (secondary N) is 3. The molecule has 0 fully saturated rings. The zero-order chi connectivity index (χ0) is 9.56. The molecule has 0 amide bonds. The molecule has 0 rings (SSSR count). The standard InChI is InChI=1S/C9H21N3/c1-7(10-3)6-9(12-5)8(2)11-4/h7,9-12H,2,6H2,1,3-5H3. The van der Waals surface area contributed by atoms with Crippen LogP contribution in [0.2, 0.25) is 0 Å². The second-order valence-electron chi connectivity index (χ2n) is 3.04. The summed E-state index contributed by atoms with van der Waals surface area (Å²) in [5.74, 6) is 0. The van der Waals surface area contributed by atoms with E-state index in [1.165, 1.54) is 0 Å². The second-order valence-corrected chi connectivity index (χ2v) is 3.04. The van der Waals surface area contributed by atoms with Gasteiger partial charge in [-0.15, -0.1) is 0 Å². The van der Waals surface area contributed by atoms with Crippen LogP contribution in [0, 0.1) is 0 Å². The van der Waals surface area contributed by atoms with E-state index in [1.54, 1.807) is 0 Å². The van der Waals surface area contributed by atoms with Crippen molar-refractivity contribution in [3.8, 4) is 0 Å². The Balaban J connectivity index is 3.90. The summed E-state index contributed by atoms with van der Waals surface area (Å²) in [6, 6.07) is 0.852. The van der Waals surface area contributed by atoms with Crippen LogP contribution in [0.15, 0.2) is 12.3 Å². The van der Waals surface area contributed by atoms with Crippen LogP contribution in [-0.4, -0.2) is 33.2 Å². The zero-order valence-corrected chi connectivity index (χ0v) is 8.57. The molecule has 72 valence electrons. The molecule has 0 aliphatic carbocycles.